The summed E-state index contributed by atoms with van der Waals surface area (Å²) in [6.45, 7) is 0. The average molecular weight is 251 g/mol. The van der Waals surface area contributed by atoms with Gasteiger partial charge in [0, 0.05) is 4.47 Å². The molecule has 2 aromatic rings. The summed E-state index contributed by atoms with van der Waals surface area (Å²) < 4.78 is 1.16. The topological polar surface area (TPSA) is 0 Å². The highest BCUT2D eigenvalue weighted by Gasteiger charge is 1.95. The Morgan fingerprint density at radius 2 is 1.69 bits per heavy atom. The van der Waals surface area contributed by atoms with Gasteiger partial charge in [0.2, 0.25) is 0 Å². The van der Waals surface area contributed by atoms with E-state index in [-0.39, 0.29) is 0 Å². The fourth-order valence-corrected chi connectivity index (χ4v) is 2.48. The van der Waals surface area contributed by atoms with Gasteiger partial charge >= 0.3 is 0 Å². The van der Waals surface area contributed by atoms with Gasteiger partial charge in [-0.05, 0) is 28.8 Å². The molecule has 2 heteroatoms. The van der Waals surface area contributed by atoms with E-state index in [1.165, 1.54) is 19.3 Å². The molecule has 0 amide bonds. The van der Waals surface area contributed by atoms with Crippen LogP contribution in [0.3, 0.4) is 0 Å². The zero-order valence-electron chi connectivity index (χ0n) is 6.94. The van der Waals surface area contributed by atoms with Gasteiger partial charge in [-0.1, -0.05) is 54.5 Å². The highest BCUT2D eigenvalue weighted by atomic mass is 79.9. The molecule has 0 fully saturated rings. The average Bonchev–Trinajstić information content (AvgIpc) is 2.19. The number of halogens is 1. The molecule has 0 N–H and O–H groups in total. The first-order valence-corrected chi connectivity index (χ1v) is 5.85. The van der Waals surface area contributed by atoms with Crippen molar-refractivity contribution >= 4 is 24.1 Å². The zero-order chi connectivity index (χ0) is 9.10. The smallest absolute Gasteiger partial charge is 0.0227 e. The maximum absolute atomic E-state index is 3.48. The molecule has 0 radical (unpaired) electrons. The predicted octanol–water partition coefficient (Wildman–Crippen LogP) is 4.70. The van der Waals surface area contributed by atoms with Crippen molar-refractivity contribution in [1.82, 2.24) is 0 Å². The van der Waals surface area contributed by atoms with Gasteiger partial charge in [-0.2, -0.15) is 0 Å². The summed E-state index contributed by atoms with van der Waals surface area (Å²) in [5.41, 5.74) is 2.57. The van der Waals surface area contributed by atoms with Gasteiger partial charge in [0.05, 0.1) is 0 Å². The van der Waals surface area contributed by atoms with Crippen molar-refractivity contribution in [1.29, 1.82) is 0 Å². The summed E-state index contributed by atoms with van der Waals surface area (Å²) in [5, 5.41) is 0. The van der Waals surface area contributed by atoms with E-state index in [4.69, 9.17) is 0 Å². The second-order valence-corrected chi connectivity index (χ2v) is 4.49. The van der Waals surface area contributed by atoms with Gasteiger partial charge in [-0.3, -0.25) is 0 Å². The van der Waals surface area contributed by atoms with Gasteiger partial charge in [0.15, 0.2) is 0 Å². The molecule has 1 aromatic carbocycles. The van der Waals surface area contributed by atoms with Crippen LogP contribution in [0.2, 0.25) is 0 Å². The van der Waals surface area contributed by atoms with E-state index in [0.717, 1.165) is 4.47 Å². The minimum Gasteiger partial charge on any atom is -0.0747 e. The fourth-order valence-electron chi connectivity index (χ4n) is 1.20. The minimum absolute atomic E-state index is 1.16. The van der Waals surface area contributed by atoms with Crippen LogP contribution in [0, 0.1) is 0 Å². The molecule has 0 bridgehead atoms. The molecule has 0 saturated heterocycles. The lowest BCUT2D eigenvalue weighted by Crippen LogP contribution is -1.73. The van der Waals surface area contributed by atoms with E-state index < -0.39 is 0 Å². The van der Waals surface area contributed by atoms with Crippen LogP contribution in [0.1, 0.15) is 0 Å². The first-order valence-electron chi connectivity index (χ1n) is 4.02. The SMILES string of the molecule is Brc1cpcc(-c2ccccc2)c1. The molecule has 0 saturated carbocycles. The molecule has 0 unspecified atom stereocenters. The summed E-state index contributed by atoms with van der Waals surface area (Å²) >= 11 is 3.48. The Bertz CT molecular complexity index is 398. The van der Waals surface area contributed by atoms with Crippen molar-refractivity contribution in [2.75, 3.05) is 0 Å². The highest BCUT2D eigenvalue weighted by Crippen LogP contribution is 2.26. The molecule has 0 nitrogen and oxygen atoms in total. The van der Waals surface area contributed by atoms with E-state index in [2.05, 4.69) is 57.9 Å². The molecule has 0 aliphatic heterocycles. The van der Waals surface area contributed by atoms with Crippen molar-refractivity contribution in [2.45, 2.75) is 0 Å². The van der Waals surface area contributed by atoms with Crippen LogP contribution in [0.4, 0.5) is 0 Å². The first kappa shape index (κ1) is 8.93. The van der Waals surface area contributed by atoms with Crippen LogP contribution in [0.5, 0.6) is 0 Å². The van der Waals surface area contributed by atoms with Crippen molar-refractivity contribution in [3.05, 3.63) is 52.5 Å². The lowest BCUT2D eigenvalue weighted by atomic mass is 10.1. The molecule has 1 heterocycles. The Kier molecular flexibility index (Phi) is 2.77. The third kappa shape index (κ3) is 2.18. The maximum atomic E-state index is 3.48. The second kappa shape index (κ2) is 4.04. The Morgan fingerprint density at radius 1 is 0.923 bits per heavy atom. The van der Waals surface area contributed by atoms with Crippen molar-refractivity contribution in [3.8, 4) is 11.1 Å². The molecule has 0 aliphatic carbocycles. The number of hydrogen-bond donors (Lipinski definition) is 0. The molecule has 13 heavy (non-hydrogen) atoms. The second-order valence-electron chi connectivity index (χ2n) is 2.76. The van der Waals surface area contributed by atoms with Gasteiger partial charge in [0.25, 0.3) is 0 Å². The summed E-state index contributed by atoms with van der Waals surface area (Å²) in [6.07, 6.45) is 0. The first-order chi connectivity index (χ1) is 6.36. The van der Waals surface area contributed by atoms with E-state index in [0.29, 0.717) is 0 Å². The zero-order valence-corrected chi connectivity index (χ0v) is 9.42. The van der Waals surface area contributed by atoms with Gasteiger partial charge in [-0.25, -0.2) is 0 Å². The Balaban J connectivity index is 2.48. The number of benzene rings is 1. The van der Waals surface area contributed by atoms with Crippen LogP contribution in [0.15, 0.2) is 52.5 Å². The van der Waals surface area contributed by atoms with Crippen molar-refractivity contribution in [3.63, 3.8) is 0 Å². The quantitative estimate of drug-likeness (QED) is 0.689. The standard InChI is InChI=1S/C11H8BrP/c12-11-6-10(7-13-8-11)9-4-2-1-3-5-9/h1-8H. The maximum Gasteiger partial charge on any atom is 0.0227 e. The van der Waals surface area contributed by atoms with E-state index in [1.54, 1.807) is 0 Å². The normalized spacial score (nSPS) is 10.5. The largest absolute Gasteiger partial charge is 0.0747 e. The van der Waals surface area contributed by atoms with Crippen LogP contribution >= 0.6 is 24.1 Å². The third-order valence-corrected chi connectivity index (χ3v) is 3.48. The molecule has 0 atom stereocenters. The van der Waals surface area contributed by atoms with E-state index in [9.17, 15) is 0 Å². The van der Waals surface area contributed by atoms with Gasteiger partial charge in [-0.15, -0.1) is 0 Å². The summed E-state index contributed by atoms with van der Waals surface area (Å²) in [4.78, 5) is 0. The third-order valence-electron chi connectivity index (χ3n) is 1.81. The van der Waals surface area contributed by atoms with Crippen LogP contribution in [-0.2, 0) is 0 Å². The molecule has 0 spiro atoms. The molecule has 1 aromatic heterocycles. The molecule has 64 valence electrons. The molecule has 0 aliphatic rings. The molecule has 2 rings (SSSR count). The lowest BCUT2D eigenvalue weighted by molar-refractivity contribution is 1.65. The highest BCUT2D eigenvalue weighted by molar-refractivity contribution is 9.10. The van der Waals surface area contributed by atoms with Crippen LogP contribution in [0.25, 0.3) is 11.1 Å². The molecular formula is C11H8BrP. The molecular weight excluding hydrogens is 243 g/mol. The van der Waals surface area contributed by atoms with Gasteiger partial charge < -0.3 is 0 Å². The van der Waals surface area contributed by atoms with Gasteiger partial charge in [0.1, 0.15) is 0 Å². The fraction of sp³-hybridized carbons (Fsp3) is 0. The monoisotopic (exact) mass is 250 g/mol. The summed E-state index contributed by atoms with van der Waals surface area (Å²) in [7, 11) is 1.24. The Labute approximate surface area is 87.9 Å². The minimum atomic E-state index is 1.16. The van der Waals surface area contributed by atoms with Crippen molar-refractivity contribution in [2.24, 2.45) is 0 Å². The Morgan fingerprint density at radius 3 is 2.38 bits per heavy atom. The summed E-state index contributed by atoms with van der Waals surface area (Å²) in [6, 6.07) is 12.6. The predicted molar refractivity (Wildman–Crippen MR) is 62.1 cm³/mol. The van der Waals surface area contributed by atoms with Crippen LogP contribution < -0.4 is 0 Å². The number of hydrogen-bond acceptors (Lipinski definition) is 0. The summed E-state index contributed by atoms with van der Waals surface area (Å²) in [5.74, 6) is 4.34. The van der Waals surface area contributed by atoms with E-state index in [1.807, 2.05) is 6.07 Å². The van der Waals surface area contributed by atoms with E-state index >= 15 is 0 Å². The lowest BCUT2D eigenvalue weighted by Gasteiger charge is -2.00. The number of rotatable bonds is 1. The Hall–Kier alpha value is -0.650. The van der Waals surface area contributed by atoms with Crippen LogP contribution in [-0.4, -0.2) is 0 Å². The van der Waals surface area contributed by atoms with Crippen molar-refractivity contribution < 1.29 is 0 Å².